The van der Waals surface area contributed by atoms with Crippen molar-refractivity contribution in [2.75, 3.05) is 6.54 Å². The molecule has 1 aromatic rings. The summed E-state index contributed by atoms with van der Waals surface area (Å²) in [6, 6.07) is 6.65. The molecule has 3 rings (SSSR count). The van der Waals surface area contributed by atoms with E-state index in [-0.39, 0.29) is 0 Å². The molecule has 1 atom stereocenters. The smallest absolute Gasteiger partial charge is 0.0827 e. The number of nitrogens with zero attached hydrogens (tertiary/aromatic N) is 1. The number of aliphatic imine (C=N–C) groups is 1. The van der Waals surface area contributed by atoms with Crippen molar-refractivity contribution in [3.05, 3.63) is 39.9 Å². The van der Waals surface area contributed by atoms with E-state index < -0.39 is 0 Å². The first-order valence-electron chi connectivity index (χ1n) is 6.04. The maximum atomic E-state index is 6.24. The van der Waals surface area contributed by atoms with E-state index in [0.717, 1.165) is 30.8 Å². The van der Waals surface area contributed by atoms with Gasteiger partial charge in [0.15, 0.2) is 0 Å². The molecule has 2 aliphatic rings. The molecule has 1 N–H and O–H groups in total. The number of aryl methyl sites for hydroxylation is 1. The Labute approximate surface area is 106 Å². The lowest BCUT2D eigenvalue weighted by Crippen LogP contribution is -2.25. The maximum absolute atomic E-state index is 6.24. The zero-order valence-corrected chi connectivity index (χ0v) is 10.4. The minimum atomic E-state index is 0.477. The second-order valence-corrected chi connectivity index (χ2v) is 5.08. The molecular formula is C14H15ClN2. The van der Waals surface area contributed by atoms with Crippen molar-refractivity contribution in [1.29, 1.82) is 0 Å². The Morgan fingerprint density at radius 2 is 2.29 bits per heavy atom. The van der Waals surface area contributed by atoms with Crippen molar-refractivity contribution in [3.63, 3.8) is 0 Å². The second kappa shape index (κ2) is 4.53. The zero-order chi connectivity index (χ0) is 11.7. The lowest BCUT2D eigenvalue weighted by atomic mass is 9.89. The molecule has 3 heteroatoms. The van der Waals surface area contributed by atoms with E-state index in [1.165, 1.54) is 16.7 Å². The van der Waals surface area contributed by atoms with Crippen molar-refractivity contribution in [2.24, 2.45) is 4.99 Å². The molecule has 0 saturated heterocycles. The van der Waals surface area contributed by atoms with E-state index in [4.69, 9.17) is 11.6 Å². The van der Waals surface area contributed by atoms with Crippen LogP contribution >= 0.6 is 11.6 Å². The van der Waals surface area contributed by atoms with Gasteiger partial charge in [-0.1, -0.05) is 35.4 Å². The first-order valence-corrected chi connectivity index (χ1v) is 6.42. The fourth-order valence-corrected chi connectivity index (χ4v) is 2.77. The van der Waals surface area contributed by atoms with Gasteiger partial charge in [-0.2, -0.15) is 0 Å². The predicted molar refractivity (Wildman–Crippen MR) is 72.6 cm³/mol. The largest absolute Gasteiger partial charge is 0.372 e. The Kier molecular flexibility index (Phi) is 2.89. The molecule has 1 aliphatic carbocycles. The lowest BCUT2D eigenvalue weighted by Gasteiger charge is -2.19. The van der Waals surface area contributed by atoms with Crippen LogP contribution in [0, 0.1) is 0 Å². The Hall–Kier alpha value is -1.28. The van der Waals surface area contributed by atoms with Gasteiger partial charge in [-0.3, -0.25) is 4.99 Å². The Balaban J connectivity index is 1.81. The Bertz CT molecular complexity index is 483. The quantitative estimate of drug-likeness (QED) is 0.852. The van der Waals surface area contributed by atoms with Gasteiger partial charge in [0.05, 0.1) is 18.9 Å². The van der Waals surface area contributed by atoms with Crippen LogP contribution < -0.4 is 5.32 Å². The van der Waals surface area contributed by atoms with E-state index in [2.05, 4.69) is 22.5 Å². The molecule has 1 aliphatic heterocycles. The van der Waals surface area contributed by atoms with Crippen molar-refractivity contribution in [2.45, 2.75) is 25.3 Å². The molecule has 0 fully saturated rings. The lowest BCUT2D eigenvalue weighted by molar-refractivity contribution is 0.636. The Morgan fingerprint density at radius 3 is 3.12 bits per heavy atom. The molecule has 1 heterocycles. The SMILES string of the molecule is Clc1cccc2c1C=C(CC1CN=CN1)CC2. The summed E-state index contributed by atoms with van der Waals surface area (Å²) < 4.78 is 0. The molecule has 0 saturated carbocycles. The summed E-state index contributed by atoms with van der Waals surface area (Å²) in [5.74, 6) is 0. The molecule has 0 spiro atoms. The van der Waals surface area contributed by atoms with Crippen molar-refractivity contribution in [3.8, 4) is 0 Å². The van der Waals surface area contributed by atoms with Gasteiger partial charge in [-0.15, -0.1) is 0 Å². The molecule has 0 aromatic heterocycles. The summed E-state index contributed by atoms with van der Waals surface area (Å²) in [6.07, 6.45) is 7.40. The van der Waals surface area contributed by atoms with Crippen molar-refractivity contribution < 1.29 is 0 Å². The molecule has 88 valence electrons. The molecule has 17 heavy (non-hydrogen) atoms. The number of fused-ring (bicyclic) bond motifs is 1. The normalized spacial score (nSPS) is 21.9. The third-order valence-corrected chi connectivity index (χ3v) is 3.77. The summed E-state index contributed by atoms with van der Waals surface area (Å²) >= 11 is 6.24. The first kappa shape index (κ1) is 10.8. The fraction of sp³-hybridized carbons (Fsp3) is 0.357. The number of hydrogen-bond acceptors (Lipinski definition) is 2. The Morgan fingerprint density at radius 1 is 1.35 bits per heavy atom. The summed E-state index contributed by atoms with van der Waals surface area (Å²) in [7, 11) is 0. The van der Waals surface area contributed by atoms with E-state index in [9.17, 15) is 0 Å². The summed E-state index contributed by atoms with van der Waals surface area (Å²) in [5, 5.41) is 4.15. The zero-order valence-electron chi connectivity index (χ0n) is 9.62. The minimum Gasteiger partial charge on any atom is -0.372 e. The first-order chi connectivity index (χ1) is 8.33. The van der Waals surface area contributed by atoms with Crippen LogP contribution in [-0.4, -0.2) is 18.9 Å². The van der Waals surface area contributed by atoms with Crippen LogP contribution in [0.4, 0.5) is 0 Å². The average molecular weight is 247 g/mol. The van der Waals surface area contributed by atoms with Crippen LogP contribution in [0.15, 0.2) is 28.8 Å². The molecular weight excluding hydrogens is 232 g/mol. The van der Waals surface area contributed by atoms with Crippen molar-refractivity contribution in [1.82, 2.24) is 5.32 Å². The van der Waals surface area contributed by atoms with Gasteiger partial charge in [0.2, 0.25) is 0 Å². The molecule has 2 nitrogen and oxygen atoms in total. The topological polar surface area (TPSA) is 24.4 Å². The summed E-state index contributed by atoms with van der Waals surface area (Å²) in [5.41, 5.74) is 4.07. The van der Waals surface area contributed by atoms with Gasteiger partial charge in [0, 0.05) is 5.02 Å². The van der Waals surface area contributed by atoms with Gasteiger partial charge in [-0.05, 0) is 36.5 Å². The molecule has 1 aromatic carbocycles. The second-order valence-electron chi connectivity index (χ2n) is 4.68. The van der Waals surface area contributed by atoms with Gasteiger partial charge >= 0.3 is 0 Å². The number of rotatable bonds is 2. The number of benzene rings is 1. The highest BCUT2D eigenvalue weighted by atomic mass is 35.5. The van der Waals surface area contributed by atoms with Crippen LogP contribution in [-0.2, 0) is 6.42 Å². The van der Waals surface area contributed by atoms with E-state index in [0.29, 0.717) is 6.04 Å². The van der Waals surface area contributed by atoms with Crippen LogP contribution in [0.5, 0.6) is 0 Å². The third kappa shape index (κ3) is 2.22. The number of halogens is 1. The monoisotopic (exact) mass is 246 g/mol. The van der Waals surface area contributed by atoms with Gasteiger partial charge < -0.3 is 5.32 Å². The third-order valence-electron chi connectivity index (χ3n) is 3.44. The average Bonchev–Trinajstić information content (AvgIpc) is 2.83. The van der Waals surface area contributed by atoms with E-state index >= 15 is 0 Å². The van der Waals surface area contributed by atoms with Crippen LogP contribution in [0.25, 0.3) is 6.08 Å². The van der Waals surface area contributed by atoms with Crippen LogP contribution in [0.2, 0.25) is 5.02 Å². The van der Waals surface area contributed by atoms with Crippen LogP contribution in [0.1, 0.15) is 24.0 Å². The molecule has 1 unspecified atom stereocenters. The van der Waals surface area contributed by atoms with Crippen molar-refractivity contribution >= 4 is 24.0 Å². The number of nitrogens with one attached hydrogen (secondary N) is 1. The van der Waals surface area contributed by atoms with Gasteiger partial charge in [0.25, 0.3) is 0 Å². The highest BCUT2D eigenvalue weighted by Crippen LogP contribution is 2.31. The maximum Gasteiger partial charge on any atom is 0.0827 e. The molecule has 0 bridgehead atoms. The standard InChI is InChI=1S/C14H15ClN2/c15-14-3-1-2-11-5-4-10(7-13(11)14)6-12-8-16-9-17-12/h1-3,7,9,12H,4-6,8H2,(H,16,17). The predicted octanol–water partition coefficient (Wildman–Crippen LogP) is 3.06. The molecule has 0 amide bonds. The fourth-order valence-electron chi connectivity index (χ4n) is 2.52. The van der Waals surface area contributed by atoms with E-state index in [1.54, 1.807) is 0 Å². The highest BCUT2D eigenvalue weighted by Gasteiger charge is 2.17. The minimum absolute atomic E-state index is 0.477. The van der Waals surface area contributed by atoms with E-state index in [1.807, 2.05) is 18.5 Å². The van der Waals surface area contributed by atoms with Gasteiger partial charge in [-0.25, -0.2) is 0 Å². The summed E-state index contributed by atoms with van der Waals surface area (Å²) in [6.45, 7) is 0.896. The number of hydrogen-bond donors (Lipinski definition) is 1. The highest BCUT2D eigenvalue weighted by molar-refractivity contribution is 6.32. The van der Waals surface area contributed by atoms with Gasteiger partial charge in [0.1, 0.15) is 0 Å². The molecule has 0 radical (unpaired) electrons. The summed E-state index contributed by atoms with van der Waals surface area (Å²) in [4.78, 5) is 4.20. The van der Waals surface area contributed by atoms with Crippen LogP contribution in [0.3, 0.4) is 0 Å².